The van der Waals surface area contributed by atoms with Crippen molar-refractivity contribution in [2.45, 2.75) is 59.2 Å². The van der Waals surface area contributed by atoms with Gasteiger partial charge in [-0.05, 0) is 49.9 Å². The lowest BCUT2D eigenvalue weighted by Crippen LogP contribution is -2.53. The minimum atomic E-state index is -3.83. The maximum atomic E-state index is 13.7. The predicted octanol–water partition coefficient (Wildman–Crippen LogP) is 3.49. The average molecular weight is 504 g/mol. The van der Waals surface area contributed by atoms with E-state index >= 15 is 0 Å². The van der Waals surface area contributed by atoms with Crippen LogP contribution < -0.4 is 14.4 Å². The van der Waals surface area contributed by atoms with E-state index in [4.69, 9.17) is 4.74 Å². The van der Waals surface area contributed by atoms with Crippen molar-refractivity contribution in [3.05, 3.63) is 59.7 Å². The summed E-state index contributed by atoms with van der Waals surface area (Å²) in [5, 5.41) is 2.97. The lowest BCUT2D eigenvalue weighted by atomic mass is 10.1. The van der Waals surface area contributed by atoms with Crippen molar-refractivity contribution in [3.63, 3.8) is 0 Å². The number of carbonyl (C=O) groups is 2. The number of carbonyl (C=O) groups excluding carboxylic acids is 2. The molecule has 0 fully saturated rings. The maximum absolute atomic E-state index is 13.7. The average Bonchev–Trinajstić information content (AvgIpc) is 2.82. The monoisotopic (exact) mass is 503 g/mol. The molecule has 0 heterocycles. The van der Waals surface area contributed by atoms with E-state index in [1.165, 1.54) is 12.0 Å². The number of rotatable bonds is 12. The SMILES string of the molecule is CC[C@@H](C)NC(=O)[C@H](CC)N(Cc1ccccc1C)C(=O)CN(c1ccccc1OC)S(C)(=O)=O. The zero-order chi connectivity index (χ0) is 26.2. The molecule has 0 saturated heterocycles. The highest BCUT2D eigenvalue weighted by atomic mass is 32.2. The number of amides is 2. The summed E-state index contributed by atoms with van der Waals surface area (Å²) in [5.74, 6) is -0.402. The van der Waals surface area contributed by atoms with Crippen LogP contribution in [-0.4, -0.2) is 57.1 Å². The summed E-state index contributed by atoms with van der Waals surface area (Å²) in [6.07, 6.45) is 2.18. The second kappa shape index (κ2) is 12.6. The summed E-state index contributed by atoms with van der Waals surface area (Å²) in [6.45, 7) is 7.38. The molecule has 0 saturated carbocycles. The van der Waals surface area contributed by atoms with E-state index in [1.54, 1.807) is 24.3 Å². The van der Waals surface area contributed by atoms with Gasteiger partial charge in [-0.15, -0.1) is 0 Å². The van der Waals surface area contributed by atoms with E-state index in [0.29, 0.717) is 12.2 Å². The lowest BCUT2D eigenvalue weighted by Gasteiger charge is -2.34. The molecule has 0 aliphatic rings. The molecule has 0 unspecified atom stereocenters. The van der Waals surface area contributed by atoms with Crippen LogP contribution in [0.15, 0.2) is 48.5 Å². The third-order valence-electron chi connectivity index (χ3n) is 6.02. The molecule has 0 radical (unpaired) electrons. The van der Waals surface area contributed by atoms with Gasteiger partial charge in [0.25, 0.3) is 0 Å². The molecular weight excluding hydrogens is 466 g/mol. The molecule has 2 atom stereocenters. The Morgan fingerprint density at radius 2 is 1.66 bits per heavy atom. The molecule has 192 valence electrons. The standard InChI is InChI=1S/C26H37N3O5S/c1-7-20(4)27-26(31)22(8-2)28(17-21-14-10-9-13-19(21)3)25(30)18-29(35(6,32)33)23-15-11-12-16-24(23)34-5/h9-16,20,22H,7-8,17-18H2,1-6H3,(H,27,31)/t20-,22+/m1/s1. The zero-order valence-electron chi connectivity index (χ0n) is 21.4. The van der Waals surface area contributed by atoms with Crippen molar-refractivity contribution >= 4 is 27.5 Å². The molecule has 2 amide bonds. The number of hydrogen-bond acceptors (Lipinski definition) is 5. The van der Waals surface area contributed by atoms with Crippen LogP contribution in [0.5, 0.6) is 5.75 Å². The van der Waals surface area contributed by atoms with Gasteiger partial charge in [-0.25, -0.2) is 8.42 Å². The summed E-state index contributed by atoms with van der Waals surface area (Å²) in [7, 11) is -2.39. The Kier molecular flexibility index (Phi) is 10.1. The molecule has 0 aromatic heterocycles. The molecule has 0 bridgehead atoms. The van der Waals surface area contributed by atoms with Crippen LogP contribution in [0.1, 0.15) is 44.7 Å². The normalized spacial score (nSPS) is 13.0. The van der Waals surface area contributed by atoms with Gasteiger partial charge in [0.1, 0.15) is 18.3 Å². The number of nitrogens with one attached hydrogen (secondary N) is 1. The van der Waals surface area contributed by atoms with Gasteiger partial charge < -0.3 is 15.0 Å². The van der Waals surface area contributed by atoms with Gasteiger partial charge >= 0.3 is 0 Å². The van der Waals surface area contributed by atoms with Gasteiger partial charge in [0.2, 0.25) is 21.8 Å². The highest BCUT2D eigenvalue weighted by Crippen LogP contribution is 2.30. The first-order valence-corrected chi connectivity index (χ1v) is 13.6. The second-order valence-electron chi connectivity index (χ2n) is 8.63. The first-order valence-electron chi connectivity index (χ1n) is 11.8. The summed E-state index contributed by atoms with van der Waals surface area (Å²) in [5.41, 5.74) is 2.13. The molecule has 8 nitrogen and oxygen atoms in total. The number of ether oxygens (including phenoxy) is 1. The number of aryl methyl sites for hydroxylation is 1. The number of anilines is 1. The fourth-order valence-electron chi connectivity index (χ4n) is 3.76. The summed E-state index contributed by atoms with van der Waals surface area (Å²) in [6, 6.07) is 13.5. The van der Waals surface area contributed by atoms with Gasteiger partial charge in [-0.2, -0.15) is 0 Å². The van der Waals surface area contributed by atoms with Crippen LogP contribution in [0, 0.1) is 6.92 Å². The van der Waals surface area contributed by atoms with Crippen LogP contribution in [0.2, 0.25) is 0 Å². The second-order valence-corrected chi connectivity index (χ2v) is 10.5. The van der Waals surface area contributed by atoms with Crippen LogP contribution in [-0.2, 0) is 26.2 Å². The largest absolute Gasteiger partial charge is 0.495 e. The van der Waals surface area contributed by atoms with Crippen molar-refractivity contribution < 1.29 is 22.7 Å². The minimum Gasteiger partial charge on any atom is -0.495 e. The summed E-state index contributed by atoms with van der Waals surface area (Å²) >= 11 is 0. The molecule has 2 rings (SSSR count). The summed E-state index contributed by atoms with van der Waals surface area (Å²) < 4.78 is 31.9. The Morgan fingerprint density at radius 1 is 1.03 bits per heavy atom. The van der Waals surface area contributed by atoms with Crippen molar-refractivity contribution in [2.75, 3.05) is 24.2 Å². The highest BCUT2D eigenvalue weighted by molar-refractivity contribution is 7.92. The predicted molar refractivity (Wildman–Crippen MR) is 139 cm³/mol. The lowest BCUT2D eigenvalue weighted by molar-refractivity contribution is -0.140. The van der Waals surface area contributed by atoms with Gasteiger partial charge in [-0.1, -0.05) is 50.2 Å². The van der Waals surface area contributed by atoms with Gasteiger partial charge in [-0.3, -0.25) is 13.9 Å². The smallest absolute Gasteiger partial charge is 0.244 e. The third-order valence-corrected chi connectivity index (χ3v) is 7.15. The van der Waals surface area contributed by atoms with Crippen molar-refractivity contribution in [1.29, 1.82) is 0 Å². The summed E-state index contributed by atoms with van der Waals surface area (Å²) in [4.78, 5) is 28.4. The van der Waals surface area contributed by atoms with Crippen LogP contribution in [0.4, 0.5) is 5.69 Å². The topological polar surface area (TPSA) is 96.0 Å². The Labute approximate surface area is 209 Å². The van der Waals surface area contributed by atoms with Crippen LogP contribution in [0.25, 0.3) is 0 Å². The number of para-hydroxylation sites is 2. The maximum Gasteiger partial charge on any atom is 0.244 e. The Bertz CT molecular complexity index is 1120. The van der Waals surface area contributed by atoms with Gasteiger partial charge in [0.15, 0.2) is 0 Å². The van der Waals surface area contributed by atoms with Crippen LogP contribution in [0.3, 0.4) is 0 Å². The molecule has 35 heavy (non-hydrogen) atoms. The van der Waals surface area contributed by atoms with E-state index in [0.717, 1.165) is 28.1 Å². The molecular formula is C26H37N3O5S. The molecule has 9 heteroatoms. The fourth-order valence-corrected chi connectivity index (χ4v) is 4.62. The number of methoxy groups -OCH3 is 1. The third kappa shape index (κ3) is 7.45. The highest BCUT2D eigenvalue weighted by Gasteiger charge is 2.33. The van der Waals surface area contributed by atoms with E-state index in [1.807, 2.05) is 52.0 Å². The molecule has 0 aliphatic heterocycles. The number of hydrogen-bond donors (Lipinski definition) is 1. The number of sulfonamides is 1. The van der Waals surface area contributed by atoms with E-state index in [9.17, 15) is 18.0 Å². The molecule has 1 N–H and O–H groups in total. The Morgan fingerprint density at radius 3 is 2.23 bits per heavy atom. The van der Waals surface area contributed by atoms with Crippen molar-refractivity contribution in [2.24, 2.45) is 0 Å². The van der Waals surface area contributed by atoms with E-state index in [2.05, 4.69) is 5.32 Å². The zero-order valence-corrected chi connectivity index (χ0v) is 22.3. The van der Waals surface area contributed by atoms with E-state index < -0.39 is 28.5 Å². The van der Waals surface area contributed by atoms with Crippen molar-refractivity contribution in [1.82, 2.24) is 10.2 Å². The fraction of sp³-hybridized carbons (Fsp3) is 0.462. The molecule has 0 spiro atoms. The Balaban J connectivity index is 2.49. The van der Waals surface area contributed by atoms with Crippen LogP contribution >= 0.6 is 0 Å². The first-order chi connectivity index (χ1) is 16.5. The number of benzene rings is 2. The first kappa shape index (κ1) is 28.2. The minimum absolute atomic E-state index is 0.0481. The number of nitrogens with zero attached hydrogens (tertiary/aromatic N) is 2. The molecule has 2 aromatic carbocycles. The van der Waals surface area contributed by atoms with Gasteiger partial charge in [0.05, 0.1) is 19.1 Å². The Hall–Kier alpha value is -3.07. The quantitative estimate of drug-likeness (QED) is 0.478. The molecule has 0 aliphatic carbocycles. The van der Waals surface area contributed by atoms with E-state index in [-0.39, 0.29) is 24.2 Å². The molecule has 2 aromatic rings. The van der Waals surface area contributed by atoms with Gasteiger partial charge in [0, 0.05) is 12.6 Å². The van der Waals surface area contributed by atoms with Crippen molar-refractivity contribution in [3.8, 4) is 5.75 Å².